The Balaban J connectivity index is 2.02. The number of rotatable bonds is 5. The highest BCUT2D eigenvalue weighted by atomic mass is 16.3. The summed E-state index contributed by atoms with van der Waals surface area (Å²) in [5, 5.41) is 22.0. The summed E-state index contributed by atoms with van der Waals surface area (Å²) in [6, 6.07) is 35.1. The Labute approximate surface area is 165 Å². The monoisotopic (exact) mass is 366 g/mol. The minimum atomic E-state index is -1.32. The summed E-state index contributed by atoms with van der Waals surface area (Å²) in [5.41, 5.74) is 3.73. The van der Waals surface area contributed by atoms with E-state index in [1.54, 1.807) is 0 Å². The molecule has 0 saturated heterocycles. The van der Waals surface area contributed by atoms with E-state index in [9.17, 15) is 10.2 Å². The molecule has 0 amide bonds. The second-order valence-electron chi connectivity index (χ2n) is 6.80. The highest BCUT2D eigenvalue weighted by molar-refractivity contribution is 5.73. The fourth-order valence-electron chi connectivity index (χ4n) is 3.79. The third kappa shape index (κ3) is 3.13. The van der Waals surface area contributed by atoms with Gasteiger partial charge in [0.05, 0.1) is 6.61 Å². The maximum atomic E-state index is 12.2. The predicted octanol–water partition coefficient (Wildman–Crippen LogP) is 5.13. The van der Waals surface area contributed by atoms with Crippen LogP contribution in [0.4, 0.5) is 0 Å². The maximum Gasteiger partial charge on any atom is 0.141 e. The highest BCUT2D eigenvalue weighted by Gasteiger charge is 2.35. The van der Waals surface area contributed by atoms with Crippen molar-refractivity contribution in [3.05, 3.63) is 131 Å². The summed E-state index contributed by atoms with van der Waals surface area (Å²) in [6.45, 7) is -0.0559. The molecule has 0 unspecified atom stereocenters. The summed E-state index contributed by atoms with van der Waals surface area (Å²) in [7, 11) is 0. The second kappa shape index (κ2) is 7.81. The molecule has 0 fully saturated rings. The van der Waals surface area contributed by atoms with Crippen molar-refractivity contribution < 1.29 is 10.2 Å². The van der Waals surface area contributed by atoms with Crippen molar-refractivity contribution in [3.63, 3.8) is 0 Å². The van der Waals surface area contributed by atoms with Gasteiger partial charge in [0.2, 0.25) is 0 Å². The average Bonchev–Trinajstić information content (AvgIpc) is 2.79. The van der Waals surface area contributed by atoms with E-state index in [1.165, 1.54) is 0 Å². The summed E-state index contributed by atoms with van der Waals surface area (Å²) >= 11 is 0. The Bertz CT molecular complexity index is 1020. The zero-order valence-electron chi connectivity index (χ0n) is 15.5. The van der Waals surface area contributed by atoms with Crippen LogP contribution in [0.25, 0.3) is 11.1 Å². The molecule has 0 aliphatic carbocycles. The molecule has 0 aliphatic rings. The third-order valence-electron chi connectivity index (χ3n) is 5.18. The van der Waals surface area contributed by atoms with Crippen molar-refractivity contribution in [1.82, 2.24) is 0 Å². The van der Waals surface area contributed by atoms with Gasteiger partial charge in [-0.15, -0.1) is 0 Å². The standard InChI is InChI=1S/C26H22O2/c27-19-20-11-7-8-16-23(20)24-17-9-10-18-25(24)26(28,21-12-3-1-4-13-21)22-14-5-2-6-15-22/h1-18,27-28H,19H2. The smallest absolute Gasteiger partial charge is 0.141 e. The van der Waals surface area contributed by atoms with Gasteiger partial charge in [-0.3, -0.25) is 0 Å². The largest absolute Gasteiger partial charge is 0.392 e. The first-order valence-corrected chi connectivity index (χ1v) is 9.37. The SMILES string of the molecule is OCc1ccccc1-c1ccccc1C(O)(c1ccccc1)c1ccccc1. The van der Waals surface area contributed by atoms with Crippen LogP contribution in [0, 0.1) is 0 Å². The molecule has 0 spiro atoms. The van der Waals surface area contributed by atoms with Crippen LogP contribution < -0.4 is 0 Å². The molecule has 2 heteroatoms. The Kier molecular flexibility index (Phi) is 5.07. The molecule has 2 N–H and O–H groups in total. The van der Waals surface area contributed by atoms with Crippen LogP contribution in [0.5, 0.6) is 0 Å². The molecule has 0 aromatic heterocycles. The quantitative estimate of drug-likeness (QED) is 0.481. The van der Waals surface area contributed by atoms with Crippen molar-refractivity contribution >= 4 is 0 Å². The van der Waals surface area contributed by atoms with Crippen LogP contribution in [0.15, 0.2) is 109 Å². The van der Waals surface area contributed by atoms with Crippen molar-refractivity contribution in [3.8, 4) is 11.1 Å². The number of hydrogen-bond donors (Lipinski definition) is 2. The minimum absolute atomic E-state index is 0.0559. The Morgan fingerprint density at radius 1 is 0.536 bits per heavy atom. The van der Waals surface area contributed by atoms with Crippen LogP contribution >= 0.6 is 0 Å². The molecule has 138 valence electrons. The van der Waals surface area contributed by atoms with Gasteiger partial charge in [0, 0.05) is 5.56 Å². The number of benzene rings is 4. The molecule has 0 atom stereocenters. The van der Waals surface area contributed by atoms with E-state index in [2.05, 4.69) is 0 Å². The van der Waals surface area contributed by atoms with Gasteiger partial charge in [-0.2, -0.15) is 0 Å². The molecule has 0 radical (unpaired) electrons. The third-order valence-corrected chi connectivity index (χ3v) is 5.18. The van der Waals surface area contributed by atoms with Crippen molar-refractivity contribution in [2.24, 2.45) is 0 Å². The van der Waals surface area contributed by atoms with Crippen molar-refractivity contribution in [2.45, 2.75) is 12.2 Å². The number of hydrogen-bond acceptors (Lipinski definition) is 2. The molecular formula is C26H22O2. The number of aliphatic hydroxyl groups excluding tert-OH is 1. The molecule has 28 heavy (non-hydrogen) atoms. The lowest BCUT2D eigenvalue weighted by Crippen LogP contribution is -2.29. The van der Waals surface area contributed by atoms with Gasteiger partial charge < -0.3 is 10.2 Å². The topological polar surface area (TPSA) is 40.5 Å². The first-order chi connectivity index (χ1) is 13.7. The summed E-state index contributed by atoms with van der Waals surface area (Å²) < 4.78 is 0. The molecular weight excluding hydrogens is 344 g/mol. The van der Waals surface area contributed by atoms with Gasteiger partial charge in [0.25, 0.3) is 0 Å². The van der Waals surface area contributed by atoms with Gasteiger partial charge in [0.15, 0.2) is 0 Å². The lowest BCUT2D eigenvalue weighted by molar-refractivity contribution is 0.126. The van der Waals surface area contributed by atoms with E-state index in [1.807, 2.05) is 109 Å². The lowest BCUT2D eigenvalue weighted by Gasteiger charge is -2.32. The van der Waals surface area contributed by atoms with E-state index in [4.69, 9.17) is 0 Å². The maximum absolute atomic E-state index is 12.2. The Hall–Kier alpha value is -3.20. The van der Waals surface area contributed by atoms with Crippen LogP contribution in [-0.2, 0) is 12.2 Å². The normalized spacial score (nSPS) is 11.4. The van der Waals surface area contributed by atoms with Gasteiger partial charge in [-0.05, 0) is 27.8 Å². The van der Waals surface area contributed by atoms with E-state index in [0.717, 1.165) is 33.4 Å². The van der Waals surface area contributed by atoms with E-state index in [0.29, 0.717) is 0 Å². The fourth-order valence-corrected chi connectivity index (χ4v) is 3.79. The van der Waals surface area contributed by atoms with Gasteiger partial charge in [0.1, 0.15) is 5.60 Å². The summed E-state index contributed by atoms with van der Waals surface area (Å²) in [5.74, 6) is 0. The molecule has 4 aromatic rings. The van der Waals surface area contributed by atoms with Crippen LogP contribution in [0.3, 0.4) is 0 Å². The molecule has 4 rings (SSSR count). The van der Waals surface area contributed by atoms with E-state index in [-0.39, 0.29) is 6.61 Å². The van der Waals surface area contributed by atoms with Crippen molar-refractivity contribution in [2.75, 3.05) is 0 Å². The predicted molar refractivity (Wildman–Crippen MR) is 113 cm³/mol. The molecule has 0 heterocycles. The molecule has 2 nitrogen and oxygen atoms in total. The van der Waals surface area contributed by atoms with E-state index < -0.39 is 5.60 Å². The molecule has 0 bridgehead atoms. The molecule has 0 saturated carbocycles. The molecule has 0 aliphatic heterocycles. The van der Waals surface area contributed by atoms with Crippen LogP contribution in [0.1, 0.15) is 22.3 Å². The van der Waals surface area contributed by atoms with Crippen LogP contribution in [-0.4, -0.2) is 10.2 Å². The zero-order chi connectivity index (χ0) is 19.4. The Morgan fingerprint density at radius 3 is 1.57 bits per heavy atom. The Morgan fingerprint density at radius 2 is 1.00 bits per heavy atom. The van der Waals surface area contributed by atoms with Gasteiger partial charge >= 0.3 is 0 Å². The summed E-state index contributed by atoms with van der Waals surface area (Å²) in [6.07, 6.45) is 0. The fraction of sp³-hybridized carbons (Fsp3) is 0.0769. The van der Waals surface area contributed by atoms with Crippen molar-refractivity contribution in [1.29, 1.82) is 0 Å². The second-order valence-corrected chi connectivity index (χ2v) is 6.80. The first kappa shape index (κ1) is 18.2. The molecule has 4 aromatic carbocycles. The number of aliphatic hydroxyl groups is 2. The lowest BCUT2D eigenvalue weighted by atomic mass is 9.77. The first-order valence-electron chi connectivity index (χ1n) is 9.37. The van der Waals surface area contributed by atoms with Gasteiger partial charge in [-0.1, -0.05) is 109 Å². The average molecular weight is 366 g/mol. The highest BCUT2D eigenvalue weighted by Crippen LogP contribution is 2.42. The van der Waals surface area contributed by atoms with Crippen LogP contribution in [0.2, 0.25) is 0 Å². The zero-order valence-corrected chi connectivity index (χ0v) is 15.5. The van der Waals surface area contributed by atoms with E-state index >= 15 is 0 Å². The summed E-state index contributed by atoms with van der Waals surface area (Å²) in [4.78, 5) is 0. The minimum Gasteiger partial charge on any atom is -0.392 e. The van der Waals surface area contributed by atoms with Gasteiger partial charge in [-0.25, -0.2) is 0 Å².